The monoisotopic (exact) mass is 497 g/mol. The summed E-state index contributed by atoms with van der Waals surface area (Å²) in [7, 11) is 0. The van der Waals surface area contributed by atoms with Crippen LogP contribution in [-0.2, 0) is 6.54 Å². The molecule has 0 aliphatic carbocycles. The average molecular weight is 497 g/mol. The van der Waals surface area contributed by atoms with Crippen LogP contribution in [0.2, 0.25) is 0 Å². The summed E-state index contributed by atoms with van der Waals surface area (Å²) in [5.41, 5.74) is 3.25. The lowest BCUT2D eigenvalue weighted by Crippen LogP contribution is -2.39. The van der Waals surface area contributed by atoms with Crippen molar-refractivity contribution in [3.8, 4) is 5.75 Å². The van der Waals surface area contributed by atoms with Crippen molar-refractivity contribution >= 4 is 29.9 Å². The number of aliphatic imine (C=N–C) groups is 1. The maximum Gasteiger partial charge on any atom is 0.191 e. The zero-order chi connectivity index (χ0) is 19.6. The third-order valence-corrected chi connectivity index (χ3v) is 4.11. The fourth-order valence-corrected chi connectivity index (χ4v) is 2.65. The van der Waals surface area contributed by atoms with Gasteiger partial charge in [0, 0.05) is 13.1 Å². The van der Waals surface area contributed by atoms with Gasteiger partial charge in [0.15, 0.2) is 5.96 Å². The summed E-state index contributed by atoms with van der Waals surface area (Å²) in [5, 5.41) is 16.9. The minimum absolute atomic E-state index is 0. The smallest absolute Gasteiger partial charge is 0.191 e. The highest BCUT2D eigenvalue weighted by Gasteiger charge is 2.09. The van der Waals surface area contributed by atoms with Gasteiger partial charge in [-0.1, -0.05) is 36.4 Å². The molecular formula is C22H32IN3O2. The average Bonchev–Trinajstić information content (AvgIpc) is 2.65. The maximum atomic E-state index is 10.5. The third-order valence-electron chi connectivity index (χ3n) is 4.11. The van der Waals surface area contributed by atoms with Crippen LogP contribution < -0.4 is 15.4 Å². The van der Waals surface area contributed by atoms with E-state index in [4.69, 9.17) is 4.74 Å². The molecule has 3 N–H and O–H groups in total. The standard InChI is InChI=1S/C22H31N3O2.HI/c1-5-23-22(24-14-19-9-7-6-8-17(19)4)25-15-21(26)18-10-12-20(13-11-18)27-16(2)3;/h6-13,16,21,26H,5,14-15H2,1-4H3,(H2,23,24,25);1H. The molecular weight excluding hydrogens is 465 g/mol. The van der Waals surface area contributed by atoms with E-state index in [1.807, 2.05) is 57.2 Å². The fourth-order valence-electron chi connectivity index (χ4n) is 2.65. The van der Waals surface area contributed by atoms with Crippen LogP contribution in [0.4, 0.5) is 0 Å². The van der Waals surface area contributed by atoms with E-state index in [1.165, 1.54) is 11.1 Å². The first-order valence-corrected chi connectivity index (χ1v) is 9.51. The molecule has 0 aromatic heterocycles. The Kier molecular flexibility index (Phi) is 10.9. The summed E-state index contributed by atoms with van der Waals surface area (Å²) < 4.78 is 5.64. The van der Waals surface area contributed by atoms with E-state index in [0.717, 1.165) is 17.9 Å². The van der Waals surface area contributed by atoms with Gasteiger partial charge in [-0.3, -0.25) is 0 Å². The van der Waals surface area contributed by atoms with Gasteiger partial charge in [0.1, 0.15) is 5.75 Å². The maximum absolute atomic E-state index is 10.5. The highest BCUT2D eigenvalue weighted by Crippen LogP contribution is 2.18. The van der Waals surface area contributed by atoms with Crippen LogP contribution in [-0.4, -0.2) is 30.3 Å². The molecule has 0 radical (unpaired) electrons. The van der Waals surface area contributed by atoms with Crippen molar-refractivity contribution in [2.75, 3.05) is 13.1 Å². The van der Waals surface area contributed by atoms with E-state index < -0.39 is 6.10 Å². The van der Waals surface area contributed by atoms with Crippen molar-refractivity contribution in [3.05, 3.63) is 65.2 Å². The summed E-state index contributed by atoms with van der Waals surface area (Å²) in [6.07, 6.45) is -0.491. The number of hydrogen-bond donors (Lipinski definition) is 3. The summed E-state index contributed by atoms with van der Waals surface area (Å²) in [6, 6.07) is 15.8. The predicted octanol–water partition coefficient (Wildman–Crippen LogP) is 4.19. The molecule has 0 fully saturated rings. The molecule has 0 saturated heterocycles. The lowest BCUT2D eigenvalue weighted by molar-refractivity contribution is 0.180. The van der Waals surface area contributed by atoms with E-state index >= 15 is 0 Å². The first-order valence-electron chi connectivity index (χ1n) is 9.51. The van der Waals surface area contributed by atoms with Crippen LogP contribution in [0.25, 0.3) is 0 Å². The van der Waals surface area contributed by atoms with E-state index in [9.17, 15) is 5.11 Å². The largest absolute Gasteiger partial charge is 0.491 e. The summed E-state index contributed by atoms with van der Waals surface area (Å²) in [6.45, 7) is 9.83. The lowest BCUT2D eigenvalue weighted by Gasteiger charge is -2.16. The van der Waals surface area contributed by atoms with Gasteiger partial charge in [-0.25, -0.2) is 4.99 Å². The predicted molar refractivity (Wildman–Crippen MR) is 127 cm³/mol. The molecule has 0 saturated carbocycles. The van der Waals surface area contributed by atoms with Crippen LogP contribution in [0.15, 0.2) is 53.5 Å². The van der Waals surface area contributed by atoms with Crippen LogP contribution in [0, 0.1) is 6.92 Å². The van der Waals surface area contributed by atoms with Crippen LogP contribution in [0.3, 0.4) is 0 Å². The Balaban J connectivity index is 0.00000392. The second-order valence-electron chi connectivity index (χ2n) is 6.75. The van der Waals surface area contributed by atoms with Gasteiger partial charge in [0.25, 0.3) is 0 Å². The number of nitrogens with one attached hydrogen (secondary N) is 2. The summed E-state index contributed by atoms with van der Waals surface area (Å²) >= 11 is 0. The Labute approximate surface area is 185 Å². The number of hydrogen-bond acceptors (Lipinski definition) is 3. The van der Waals surface area contributed by atoms with Crippen LogP contribution in [0.5, 0.6) is 5.75 Å². The van der Waals surface area contributed by atoms with Gasteiger partial charge in [0.2, 0.25) is 0 Å². The lowest BCUT2D eigenvalue weighted by atomic mass is 10.1. The number of rotatable bonds is 8. The molecule has 0 heterocycles. The van der Waals surface area contributed by atoms with Crippen LogP contribution in [0.1, 0.15) is 43.6 Å². The number of ether oxygens (including phenoxy) is 1. The summed E-state index contributed by atoms with van der Waals surface area (Å²) in [4.78, 5) is 4.62. The topological polar surface area (TPSA) is 65.9 Å². The second kappa shape index (κ2) is 12.6. The van der Waals surface area contributed by atoms with Crippen LogP contribution >= 0.6 is 24.0 Å². The number of benzene rings is 2. The highest BCUT2D eigenvalue weighted by molar-refractivity contribution is 14.0. The Morgan fingerprint density at radius 1 is 1.07 bits per heavy atom. The molecule has 5 nitrogen and oxygen atoms in total. The highest BCUT2D eigenvalue weighted by atomic mass is 127. The number of guanidine groups is 1. The molecule has 2 rings (SSSR count). The normalized spacial score (nSPS) is 12.3. The molecule has 28 heavy (non-hydrogen) atoms. The SMILES string of the molecule is CCNC(=NCc1ccccc1C)NCC(O)c1ccc(OC(C)C)cc1.I. The zero-order valence-corrected chi connectivity index (χ0v) is 19.4. The van der Waals surface area contributed by atoms with Crippen molar-refractivity contribution in [3.63, 3.8) is 0 Å². The number of aliphatic hydroxyl groups excluding tert-OH is 1. The Hall–Kier alpha value is -1.80. The van der Waals surface area contributed by atoms with E-state index in [1.54, 1.807) is 0 Å². The van der Waals surface area contributed by atoms with Gasteiger partial charge in [0.05, 0.1) is 18.8 Å². The minimum Gasteiger partial charge on any atom is -0.491 e. The van der Waals surface area contributed by atoms with Crippen molar-refractivity contribution in [2.45, 2.75) is 46.4 Å². The molecule has 2 aromatic rings. The van der Waals surface area contributed by atoms with Gasteiger partial charge < -0.3 is 20.5 Å². The van der Waals surface area contributed by atoms with E-state index in [2.05, 4.69) is 34.7 Å². The quantitative estimate of drug-likeness (QED) is 0.291. The second-order valence-corrected chi connectivity index (χ2v) is 6.75. The van der Waals surface area contributed by atoms with Crippen molar-refractivity contribution in [2.24, 2.45) is 4.99 Å². The van der Waals surface area contributed by atoms with Crippen molar-refractivity contribution < 1.29 is 9.84 Å². The summed E-state index contributed by atoms with van der Waals surface area (Å²) in [5.74, 6) is 1.50. The molecule has 6 heteroatoms. The van der Waals surface area contributed by atoms with E-state index in [0.29, 0.717) is 19.0 Å². The number of nitrogens with zero attached hydrogens (tertiary/aromatic N) is 1. The number of aliphatic hydroxyl groups is 1. The first kappa shape index (κ1) is 24.2. The molecule has 0 aliphatic heterocycles. The van der Waals surface area contributed by atoms with Crippen molar-refractivity contribution in [1.82, 2.24) is 10.6 Å². The van der Waals surface area contributed by atoms with E-state index in [-0.39, 0.29) is 30.1 Å². The molecule has 0 amide bonds. The molecule has 154 valence electrons. The zero-order valence-electron chi connectivity index (χ0n) is 17.1. The molecule has 0 bridgehead atoms. The molecule has 2 aromatic carbocycles. The van der Waals surface area contributed by atoms with Gasteiger partial charge in [-0.05, 0) is 56.5 Å². The molecule has 0 aliphatic rings. The first-order chi connectivity index (χ1) is 13.0. The third kappa shape index (κ3) is 8.06. The Bertz CT molecular complexity index is 733. The Morgan fingerprint density at radius 2 is 1.75 bits per heavy atom. The number of aryl methyl sites for hydroxylation is 1. The fraction of sp³-hybridized carbons (Fsp3) is 0.409. The van der Waals surface area contributed by atoms with Crippen molar-refractivity contribution in [1.29, 1.82) is 0 Å². The number of halogens is 1. The van der Waals surface area contributed by atoms with Gasteiger partial charge in [-0.15, -0.1) is 24.0 Å². The van der Waals surface area contributed by atoms with Gasteiger partial charge in [-0.2, -0.15) is 0 Å². The van der Waals surface area contributed by atoms with Gasteiger partial charge >= 0.3 is 0 Å². The Morgan fingerprint density at radius 3 is 2.36 bits per heavy atom. The molecule has 0 spiro atoms. The molecule has 1 atom stereocenters. The molecule has 1 unspecified atom stereocenters. The minimum atomic E-state index is -0.625.